The molecule has 0 fully saturated rings. The number of benzene rings is 1. The summed E-state index contributed by atoms with van der Waals surface area (Å²) < 4.78 is 0. The highest BCUT2D eigenvalue weighted by Gasteiger charge is 2.26. The molecule has 2 N–H and O–H groups in total. The molecule has 0 aromatic heterocycles. The van der Waals surface area contributed by atoms with E-state index in [-0.39, 0.29) is 5.91 Å². The van der Waals surface area contributed by atoms with E-state index in [9.17, 15) is 9.59 Å². The van der Waals surface area contributed by atoms with Crippen LogP contribution in [0.3, 0.4) is 0 Å². The molecule has 0 aliphatic carbocycles. The second-order valence-corrected chi connectivity index (χ2v) is 6.39. The molecule has 122 valence electrons. The summed E-state index contributed by atoms with van der Waals surface area (Å²) in [6.45, 7) is 5.88. The second kappa shape index (κ2) is 8.57. The molecule has 0 saturated carbocycles. The van der Waals surface area contributed by atoms with Crippen molar-refractivity contribution in [1.82, 2.24) is 5.32 Å². The lowest BCUT2D eigenvalue weighted by atomic mass is 9.90. The predicted molar refractivity (Wildman–Crippen MR) is 87.8 cm³/mol. The molecule has 1 aromatic rings. The summed E-state index contributed by atoms with van der Waals surface area (Å²) >= 11 is 0. The molecule has 0 bridgehead atoms. The van der Waals surface area contributed by atoms with Gasteiger partial charge in [0.25, 0.3) is 0 Å². The van der Waals surface area contributed by atoms with E-state index in [4.69, 9.17) is 5.11 Å². The first kappa shape index (κ1) is 18.2. The molecule has 0 heterocycles. The number of aliphatic carboxylic acids is 1. The van der Waals surface area contributed by atoms with Crippen LogP contribution in [0, 0.1) is 5.41 Å². The number of nitrogens with one attached hydrogen (secondary N) is 1. The number of carbonyl (C=O) groups is 2. The Kier molecular flexibility index (Phi) is 7.09. The Hall–Kier alpha value is -1.84. The summed E-state index contributed by atoms with van der Waals surface area (Å²) in [5, 5.41) is 11.8. The minimum Gasteiger partial charge on any atom is -0.481 e. The van der Waals surface area contributed by atoms with Crippen LogP contribution in [0.4, 0.5) is 0 Å². The Morgan fingerprint density at radius 3 is 2.27 bits per heavy atom. The van der Waals surface area contributed by atoms with Crippen molar-refractivity contribution in [3.05, 3.63) is 35.4 Å². The molecule has 1 rings (SSSR count). The summed E-state index contributed by atoms with van der Waals surface area (Å²) in [5.74, 6) is -0.910. The molecule has 0 aliphatic rings. The number of hydrogen-bond donors (Lipinski definition) is 2. The number of carboxylic acid groups (broad SMARTS) is 1. The SMILES string of the molecule is CCCCc1ccc(CC(=O)NCCC(C)(C)C(=O)O)cc1. The third-order valence-corrected chi connectivity index (χ3v) is 3.86. The number of hydrogen-bond acceptors (Lipinski definition) is 2. The molecule has 0 atom stereocenters. The maximum Gasteiger partial charge on any atom is 0.309 e. The van der Waals surface area contributed by atoms with E-state index in [0.717, 1.165) is 12.0 Å². The van der Waals surface area contributed by atoms with Crippen LogP contribution >= 0.6 is 0 Å². The van der Waals surface area contributed by atoms with Crippen molar-refractivity contribution < 1.29 is 14.7 Å². The highest BCUT2D eigenvalue weighted by atomic mass is 16.4. The molecule has 22 heavy (non-hydrogen) atoms. The van der Waals surface area contributed by atoms with Gasteiger partial charge in [0.05, 0.1) is 11.8 Å². The van der Waals surface area contributed by atoms with Crippen molar-refractivity contribution in [2.24, 2.45) is 5.41 Å². The first-order valence-electron chi connectivity index (χ1n) is 7.93. The van der Waals surface area contributed by atoms with Gasteiger partial charge in [-0.1, -0.05) is 37.6 Å². The third kappa shape index (κ3) is 6.29. The summed E-state index contributed by atoms with van der Waals surface area (Å²) in [6, 6.07) is 8.13. The van der Waals surface area contributed by atoms with Crippen LogP contribution in [-0.2, 0) is 22.4 Å². The van der Waals surface area contributed by atoms with Crippen molar-refractivity contribution in [3.8, 4) is 0 Å². The molecule has 1 aromatic carbocycles. The molecule has 0 aliphatic heterocycles. The maximum absolute atomic E-state index is 11.9. The summed E-state index contributed by atoms with van der Waals surface area (Å²) in [6.07, 6.45) is 4.19. The number of unbranched alkanes of at least 4 members (excludes halogenated alkanes) is 1. The summed E-state index contributed by atoms with van der Waals surface area (Å²) in [5.41, 5.74) is 1.47. The van der Waals surface area contributed by atoms with Crippen LogP contribution in [0.15, 0.2) is 24.3 Å². The zero-order valence-electron chi connectivity index (χ0n) is 13.8. The fourth-order valence-electron chi connectivity index (χ4n) is 2.07. The zero-order valence-corrected chi connectivity index (χ0v) is 13.8. The van der Waals surface area contributed by atoms with Gasteiger partial charge in [-0.3, -0.25) is 9.59 Å². The molecule has 0 spiro atoms. The summed E-state index contributed by atoms with van der Waals surface area (Å²) in [7, 11) is 0. The monoisotopic (exact) mass is 305 g/mol. The van der Waals surface area contributed by atoms with Gasteiger partial charge < -0.3 is 10.4 Å². The first-order valence-corrected chi connectivity index (χ1v) is 7.93. The molecule has 4 nitrogen and oxygen atoms in total. The quantitative estimate of drug-likeness (QED) is 0.736. The van der Waals surface area contributed by atoms with Crippen molar-refractivity contribution in [3.63, 3.8) is 0 Å². The Bertz CT molecular complexity index is 492. The topological polar surface area (TPSA) is 66.4 Å². The normalized spacial score (nSPS) is 11.2. The van der Waals surface area contributed by atoms with Crippen molar-refractivity contribution >= 4 is 11.9 Å². The average Bonchev–Trinajstić information content (AvgIpc) is 2.46. The minimum atomic E-state index is -0.843. The van der Waals surface area contributed by atoms with Gasteiger partial charge in [-0.25, -0.2) is 0 Å². The van der Waals surface area contributed by atoms with E-state index in [1.165, 1.54) is 18.4 Å². The fraction of sp³-hybridized carbons (Fsp3) is 0.556. The largest absolute Gasteiger partial charge is 0.481 e. The predicted octanol–water partition coefficient (Wildman–Crippen LogP) is 3.19. The van der Waals surface area contributed by atoms with E-state index >= 15 is 0 Å². The minimum absolute atomic E-state index is 0.0671. The standard InChI is InChI=1S/C18H27NO3/c1-4-5-6-14-7-9-15(10-8-14)13-16(20)19-12-11-18(2,3)17(21)22/h7-10H,4-6,11-13H2,1-3H3,(H,19,20)(H,21,22). The van der Waals surface area contributed by atoms with E-state index in [1.54, 1.807) is 13.8 Å². The third-order valence-electron chi connectivity index (χ3n) is 3.86. The molecule has 1 amide bonds. The highest BCUT2D eigenvalue weighted by molar-refractivity contribution is 5.78. The number of aryl methyl sites for hydroxylation is 1. The first-order chi connectivity index (χ1) is 10.3. The van der Waals surface area contributed by atoms with Gasteiger partial charge in [0.2, 0.25) is 5.91 Å². The maximum atomic E-state index is 11.9. The Balaban J connectivity index is 2.37. The second-order valence-electron chi connectivity index (χ2n) is 6.39. The van der Waals surface area contributed by atoms with E-state index in [2.05, 4.69) is 24.4 Å². The van der Waals surface area contributed by atoms with Crippen LogP contribution in [0.25, 0.3) is 0 Å². The number of rotatable bonds is 9. The van der Waals surface area contributed by atoms with Crippen LogP contribution in [0.1, 0.15) is 51.2 Å². The molecular weight excluding hydrogens is 278 g/mol. The van der Waals surface area contributed by atoms with E-state index in [0.29, 0.717) is 19.4 Å². The fourth-order valence-corrected chi connectivity index (χ4v) is 2.07. The van der Waals surface area contributed by atoms with Gasteiger partial charge in [-0.05, 0) is 44.2 Å². The van der Waals surface area contributed by atoms with Gasteiger partial charge in [0.1, 0.15) is 0 Å². The van der Waals surface area contributed by atoms with E-state index in [1.807, 2.05) is 12.1 Å². The Morgan fingerprint density at radius 2 is 1.73 bits per heavy atom. The van der Waals surface area contributed by atoms with Gasteiger partial charge >= 0.3 is 5.97 Å². The van der Waals surface area contributed by atoms with E-state index < -0.39 is 11.4 Å². The van der Waals surface area contributed by atoms with Gasteiger partial charge in [0.15, 0.2) is 0 Å². The Morgan fingerprint density at radius 1 is 1.14 bits per heavy atom. The lowest BCUT2D eigenvalue weighted by Gasteiger charge is -2.18. The van der Waals surface area contributed by atoms with Crippen LogP contribution in [0.2, 0.25) is 0 Å². The van der Waals surface area contributed by atoms with Gasteiger partial charge in [-0.15, -0.1) is 0 Å². The molecule has 0 unspecified atom stereocenters. The average molecular weight is 305 g/mol. The van der Waals surface area contributed by atoms with Crippen molar-refractivity contribution in [1.29, 1.82) is 0 Å². The van der Waals surface area contributed by atoms with Crippen LogP contribution < -0.4 is 5.32 Å². The van der Waals surface area contributed by atoms with Gasteiger partial charge in [-0.2, -0.15) is 0 Å². The zero-order chi connectivity index (χ0) is 16.6. The molecule has 0 radical (unpaired) electrons. The highest BCUT2D eigenvalue weighted by Crippen LogP contribution is 2.19. The number of carbonyl (C=O) groups excluding carboxylic acids is 1. The lowest BCUT2D eigenvalue weighted by molar-refractivity contribution is -0.147. The lowest BCUT2D eigenvalue weighted by Crippen LogP contribution is -2.32. The Labute approximate surface area is 132 Å². The van der Waals surface area contributed by atoms with Gasteiger partial charge in [0, 0.05) is 6.54 Å². The van der Waals surface area contributed by atoms with Crippen LogP contribution in [-0.4, -0.2) is 23.5 Å². The number of carboxylic acids is 1. The van der Waals surface area contributed by atoms with Crippen molar-refractivity contribution in [2.45, 2.75) is 52.9 Å². The number of amides is 1. The smallest absolute Gasteiger partial charge is 0.309 e. The molecule has 4 heteroatoms. The molecular formula is C18H27NO3. The van der Waals surface area contributed by atoms with Crippen molar-refractivity contribution in [2.75, 3.05) is 6.54 Å². The van der Waals surface area contributed by atoms with Crippen LogP contribution in [0.5, 0.6) is 0 Å². The molecule has 0 saturated heterocycles. The summed E-state index contributed by atoms with van der Waals surface area (Å²) in [4.78, 5) is 22.8.